The monoisotopic (exact) mass is 341 g/mol. The molecule has 1 fully saturated rings. The smallest absolute Gasteiger partial charge is 0.269 e. The van der Waals surface area contributed by atoms with Crippen molar-refractivity contribution in [1.82, 2.24) is 14.3 Å². The third-order valence-corrected chi connectivity index (χ3v) is 6.25. The summed E-state index contributed by atoms with van der Waals surface area (Å²) in [7, 11) is -3.67. The van der Waals surface area contributed by atoms with Crippen molar-refractivity contribution >= 4 is 21.1 Å². The van der Waals surface area contributed by atoms with Gasteiger partial charge in [0, 0.05) is 29.7 Å². The van der Waals surface area contributed by atoms with Crippen LogP contribution < -0.4 is 5.32 Å². The molecule has 1 N–H and O–H groups in total. The van der Waals surface area contributed by atoms with E-state index in [0.717, 1.165) is 30.5 Å². The van der Waals surface area contributed by atoms with Gasteiger partial charge in [0.1, 0.15) is 0 Å². The molecule has 0 aliphatic carbocycles. The summed E-state index contributed by atoms with van der Waals surface area (Å²) in [4.78, 5) is 4.62. The molecule has 1 aliphatic heterocycles. The number of fused-ring (bicyclic) bond motifs is 1. The average Bonchev–Trinajstić information content (AvgIpc) is 3.23. The second kappa shape index (κ2) is 6.03. The third-order valence-electron chi connectivity index (χ3n) is 4.49. The number of benzene rings is 1. The van der Waals surface area contributed by atoms with Crippen LogP contribution in [0, 0.1) is 0 Å². The summed E-state index contributed by atoms with van der Waals surface area (Å²) in [6.07, 6.45) is 4.52. The van der Waals surface area contributed by atoms with Crippen molar-refractivity contribution in [3.05, 3.63) is 60.4 Å². The van der Waals surface area contributed by atoms with Gasteiger partial charge in [0.15, 0.2) is 5.65 Å². The molecule has 1 atom stereocenters. The van der Waals surface area contributed by atoms with Crippen molar-refractivity contribution in [3.63, 3.8) is 0 Å². The van der Waals surface area contributed by atoms with Gasteiger partial charge in [-0.25, -0.2) is 17.4 Å². The molecule has 6 heteroatoms. The normalized spacial score (nSPS) is 18.2. The molecule has 1 aliphatic rings. The van der Waals surface area contributed by atoms with E-state index >= 15 is 0 Å². The molecule has 24 heavy (non-hydrogen) atoms. The summed E-state index contributed by atoms with van der Waals surface area (Å²) in [5.41, 5.74) is 1.28. The minimum atomic E-state index is -3.67. The predicted octanol–water partition coefficient (Wildman–Crippen LogP) is 2.57. The standard InChI is InChI=1S/C18H19N3O2S/c22-24(23,17-8-2-1-3-9-17)21-16(13-15-7-5-10-19-15)12-14-6-4-11-20-18(14)21/h1-4,6,8-9,11-12,15,19H,5,7,10,13H2/t15-/m0/s1. The molecule has 3 aromatic rings. The number of aromatic nitrogens is 2. The Hall–Kier alpha value is -2.18. The van der Waals surface area contributed by atoms with Crippen molar-refractivity contribution in [2.75, 3.05) is 6.54 Å². The van der Waals surface area contributed by atoms with Gasteiger partial charge >= 0.3 is 0 Å². The molecule has 1 aromatic carbocycles. The molecule has 0 amide bonds. The highest BCUT2D eigenvalue weighted by atomic mass is 32.2. The molecule has 0 saturated carbocycles. The van der Waals surface area contributed by atoms with E-state index < -0.39 is 10.0 Å². The highest BCUT2D eigenvalue weighted by Gasteiger charge is 2.26. The predicted molar refractivity (Wildman–Crippen MR) is 93.5 cm³/mol. The Kier molecular flexibility index (Phi) is 3.86. The van der Waals surface area contributed by atoms with Gasteiger partial charge in [-0.05, 0) is 49.7 Å². The maximum Gasteiger partial charge on any atom is 0.269 e. The van der Waals surface area contributed by atoms with E-state index in [1.165, 1.54) is 3.97 Å². The second-order valence-electron chi connectivity index (χ2n) is 6.13. The molecule has 2 aromatic heterocycles. The summed E-state index contributed by atoms with van der Waals surface area (Å²) >= 11 is 0. The molecule has 0 bridgehead atoms. The van der Waals surface area contributed by atoms with Crippen LogP contribution in [-0.2, 0) is 16.4 Å². The Labute approximate surface area is 141 Å². The zero-order valence-electron chi connectivity index (χ0n) is 13.2. The van der Waals surface area contributed by atoms with E-state index in [1.54, 1.807) is 30.5 Å². The summed E-state index contributed by atoms with van der Waals surface area (Å²) < 4.78 is 27.8. The van der Waals surface area contributed by atoms with Crippen LogP contribution in [-0.4, -0.2) is 30.0 Å². The fourth-order valence-corrected chi connectivity index (χ4v) is 4.89. The topological polar surface area (TPSA) is 64.0 Å². The van der Waals surface area contributed by atoms with Gasteiger partial charge in [-0.15, -0.1) is 0 Å². The lowest BCUT2D eigenvalue weighted by atomic mass is 10.1. The van der Waals surface area contributed by atoms with Gasteiger partial charge in [0.25, 0.3) is 10.0 Å². The first-order valence-corrected chi connectivity index (χ1v) is 9.59. The fraction of sp³-hybridized carbons (Fsp3) is 0.278. The maximum atomic E-state index is 13.2. The van der Waals surface area contributed by atoms with Crippen molar-refractivity contribution < 1.29 is 8.42 Å². The number of hydrogen-bond donors (Lipinski definition) is 1. The van der Waals surface area contributed by atoms with E-state index in [0.29, 0.717) is 18.1 Å². The second-order valence-corrected chi connectivity index (χ2v) is 7.92. The Morgan fingerprint density at radius 2 is 2.00 bits per heavy atom. The lowest BCUT2D eigenvalue weighted by Crippen LogP contribution is -2.26. The minimum absolute atomic E-state index is 0.286. The van der Waals surface area contributed by atoms with E-state index in [1.807, 2.05) is 24.3 Å². The molecular weight excluding hydrogens is 322 g/mol. The van der Waals surface area contributed by atoms with Crippen LogP contribution in [0.5, 0.6) is 0 Å². The average molecular weight is 341 g/mol. The summed E-state index contributed by atoms with van der Waals surface area (Å²) in [5, 5.41) is 4.29. The quantitative estimate of drug-likeness (QED) is 0.792. The molecular formula is C18H19N3O2S. The van der Waals surface area contributed by atoms with Crippen molar-refractivity contribution in [1.29, 1.82) is 0 Å². The molecule has 5 nitrogen and oxygen atoms in total. The van der Waals surface area contributed by atoms with Gasteiger partial charge < -0.3 is 5.32 Å². The van der Waals surface area contributed by atoms with Crippen LogP contribution in [0.15, 0.2) is 59.6 Å². The number of nitrogens with one attached hydrogen (secondary N) is 1. The zero-order chi connectivity index (χ0) is 16.6. The minimum Gasteiger partial charge on any atom is -0.314 e. The zero-order valence-corrected chi connectivity index (χ0v) is 14.0. The maximum absolute atomic E-state index is 13.2. The van der Waals surface area contributed by atoms with Crippen LogP contribution in [0.3, 0.4) is 0 Å². The van der Waals surface area contributed by atoms with Gasteiger partial charge in [-0.1, -0.05) is 18.2 Å². The van der Waals surface area contributed by atoms with Gasteiger partial charge in [0.2, 0.25) is 0 Å². The van der Waals surface area contributed by atoms with Gasteiger partial charge in [-0.2, -0.15) is 0 Å². The first-order chi connectivity index (χ1) is 11.7. The van der Waals surface area contributed by atoms with E-state index in [2.05, 4.69) is 10.3 Å². The Morgan fingerprint density at radius 1 is 1.17 bits per heavy atom. The number of hydrogen-bond acceptors (Lipinski definition) is 4. The first kappa shape index (κ1) is 15.4. The van der Waals surface area contributed by atoms with E-state index in [9.17, 15) is 8.42 Å². The van der Waals surface area contributed by atoms with E-state index in [4.69, 9.17) is 0 Å². The summed E-state index contributed by atoms with van der Waals surface area (Å²) in [5.74, 6) is 0. The first-order valence-electron chi connectivity index (χ1n) is 8.15. The molecule has 4 rings (SSSR count). The molecule has 0 spiro atoms. The Balaban J connectivity index is 1.89. The van der Waals surface area contributed by atoms with Crippen LogP contribution in [0.4, 0.5) is 0 Å². The molecule has 1 saturated heterocycles. The lowest BCUT2D eigenvalue weighted by molar-refractivity contribution is 0.572. The SMILES string of the molecule is O=S(=O)(c1ccccc1)n1c(C[C@@H]2CCCN2)cc2cccnc21. The molecule has 124 valence electrons. The van der Waals surface area contributed by atoms with Crippen LogP contribution >= 0.6 is 0 Å². The number of rotatable bonds is 4. The van der Waals surface area contributed by atoms with Crippen LogP contribution in [0.2, 0.25) is 0 Å². The Morgan fingerprint density at radius 3 is 2.75 bits per heavy atom. The third kappa shape index (κ3) is 2.61. The van der Waals surface area contributed by atoms with E-state index in [-0.39, 0.29) is 4.90 Å². The Bertz CT molecular complexity index is 958. The molecule has 0 unspecified atom stereocenters. The highest BCUT2D eigenvalue weighted by molar-refractivity contribution is 7.90. The summed E-state index contributed by atoms with van der Waals surface area (Å²) in [6, 6.07) is 14.6. The van der Waals surface area contributed by atoms with Crippen molar-refractivity contribution in [3.8, 4) is 0 Å². The van der Waals surface area contributed by atoms with Crippen LogP contribution in [0.25, 0.3) is 11.0 Å². The highest BCUT2D eigenvalue weighted by Crippen LogP contribution is 2.26. The van der Waals surface area contributed by atoms with Crippen molar-refractivity contribution in [2.24, 2.45) is 0 Å². The largest absolute Gasteiger partial charge is 0.314 e. The van der Waals surface area contributed by atoms with Gasteiger partial charge in [-0.3, -0.25) is 0 Å². The summed E-state index contributed by atoms with van der Waals surface area (Å²) in [6.45, 7) is 0.995. The van der Waals surface area contributed by atoms with Gasteiger partial charge in [0.05, 0.1) is 4.90 Å². The van der Waals surface area contributed by atoms with Crippen molar-refractivity contribution in [2.45, 2.75) is 30.2 Å². The molecule has 0 radical (unpaired) electrons. The fourth-order valence-electron chi connectivity index (χ4n) is 3.36. The number of pyridine rings is 1. The molecule has 3 heterocycles. The lowest BCUT2D eigenvalue weighted by Gasteiger charge is -2.14. The van der Waals surface area contributed by atoms with Crippen LogP contribution in [0.1, 0.15) is 18.5 Å². The number of nitrogens with zero attached hydrogens (tertiary/aromatic N) is 2.